The SMILES string of the molecule is CN(C)CC1Cc2cc(Cl)ccc2N([C@H]2CC(C(N)=O)CCN2C(=O)CCc2c[nH]c3ccccc23)C1. The van der Waals surface area contributed by atoms with Crippen LogP contribution >= 0.6 is 11.6 Å². The molecule has 3 aromatic rings. The fraction of sp³-hybridized carbons (Fsp3) is 0.448. The predicted molar refractivity (Wildman–Crippen MR) is 149 cm³/mol. The first-order chi connectivity index (χ1) is 17.8. The summed E-state index contributed by atoms with van der Waals surface area (Å²) >= 11 is 6.38. The number of halogens is 1. The molecule has 3 atom stereocenters. The summed E-state index contributed by atoms with van der Waals surface area (Å²) in [5.74, 6) is -0.0248. The maximum absolute atomic E-state index is 13.7. The second-order valence-corrected chi connectivity index (χ2v) is 11.2. The number of primary amides is 1. The molecule has 2 amide bonds. The minimum absolute atomic E-state index is 0.114. The van der Waals surface area contributed by atoms with Crippen molar-refractivity contribution in [1.82, 2.24) is 14.8 Å². The molecule has 3 heterocycles. The normalized spacial score (nSPS) is 21.9. The number of anilines is 1. The van der Waals surface area contributed by atoms with E-state index >= 15 is 0 Å². The summed E-state index contributed by atoms with van der Waals surface area (Å²) in [5.41, 5.74) is 10.3. The molecule has 2 aliphatic rings. The van der Waals surface area contributed by atoms with Crippen LogP contribution < -0.4 is 10.6 Å². The van der Waals surface area contributed by atoms with E-state index in [0.29, 0.717) is 38.1 Å². The first kappa shape index (κ1) is 25.6. The number of aromatic nitrogens is 1. The topological polar surface area (TPSA) is 85.7 Å². The van der Waals surface area contributed by atoms with Gasteiger partial charge in [0, 0.05) is 59.8 Å². The minimum Gasteiger partial charge on any atom is -0.369 e. The van der Waals surface area contributed by atoms with Crippen molar-refractivity contribution in [1.29, 1.82) is 0 Å². The van der Waals surface area contributed by atoms with Gasteiger partial charge in [0.25, 0.3) is 0 Å². The summed E-state index contributed by atoms with van der Waals surface area (Å²) in [7, 11) is 4.17. The number of fused-ring (bicyclic) bond motifs is 2. The summed E-state index contributed by atoms with van der Waals surface area (Å²) in [4.78, 5) is 35.8. The van der Waals surface area contributed by atoms with Gasteiger partial charge in [-0.25, -0.2) is 0 Å². The zero-order valence-corrected chi connectivity index (χ0v) is 22.4. The number of benzene rings is 2. The number of aromatic amines is 1. The molecule has 0 aliphatic carbocycles. The van der Waals surface area contributed by atoms with Gasteiger partial charge in [-0.1, -0.05) is 29.8 Å². The highest BCUT2D eigenvalue weighted by molar-refractivity contribution is 6.30. The van der Waals surface area contributed by atoms with Crippen molar-refractivity contribution >= 4 is 40.0 Å². The van der Waals surface area contributed by atoms with Gasteiger partial charge in [0.1, 0.15) is 6.17 Å². The number of carbonyl (C=O) groups is 2. The molecular formula is C29H36ClN5O2. The van der Waals surface area contributed by atoms with E-state index in [0.717, 1.165) is 46.7 Å². The Bertz CT molecular complexity index is 1290. The maximum atomic E-state index is 13.7. The number of carbonyl (C=O) groups excluding carboxylic acids is 2. The van der Waals surface area contributed by atoms with Crippen molar-refractivity contribution in [3.63, 3.8) is 0 Å². The highest BCUT2D eigenvalue weighted by atomic mass is 35.5. The molecule has 1 fully saturated rings. The lowest BCUT2D eigenvalue weighted by Crippen LogP contribution is -2.59. The average molecular weight is 522 g/mol. The molecule has 2 unspecified atom stereocenters. The number of aryl methyl sites for hydroxylation is 1. The highest BCUT2D eigenvalue weighted by Gasteiger charge is 2.40. The van der Waals surface area contributed by atoms with Crippen molar-refractivity contribution in [3.8, 4) is 0 Å². The molecule has 0 radical (unpaired) electrons. The monoisotopic (exact) mass is 521 g/mol. The number of amides is 2. The highest BCUT2D eigenvalue weighted by Crippen LogP contribution is 2.37. The third-order valence-electron chi connectivity index (χ3n) is 7.88. The third-order valence-corrected chi connectivity index (χ3v) is 8.11. The van der Waals surface area contributed by atoms with Crippen LogP contribution in [0, 0.1) is 11.8 Å². The molecule has 8 heteroatoms. The van der Waals surface area contributed by atoms with Crippen LogP contribution in [-0.2, 0) is 22.4 Å². The number of para-hydroxylation sites is 1. The molecule has 1 saturated heterocycles. The number of nitrogens with two attached hydrogens (primary N) is 1. The van der Waals surface area contributed by atoms with Gasteiger partial charge in [0.15, 0.2) is 0 Å². The number of likely N-dealkylation sites (tertiary alicyclic amines) is 1. The summed E-state index contributed by atoms with van der Waals surface area (Å²) in [6, 6.07) is 14.2. The van der Waals surface area contributed by atoms with Gasteiger partial charge in [0.2, 0.25) is 11.8 Å². The maximum Gasteiger partial charge on any atom is 0.224 e. The lowest BCUT2D eigenvalue weighted by Gasteiger charge is -2.49. The van der Waals surface area contributed by atoms with Crippen LogP contribution in [0.1, 0.15) is 30.4 Å². The molecule has 0 saturated carbocycles. The standard InChI is InChI=1S/C29H36ClN5O2/c1-33(2)17-19-13-22-14-23(30)8-9-26(22)35(18-19)27-15-20(29(31)37)11-12-34(27)28(36)10-7-21-16-32-25-6-4-3-5-24(21)25/h3-6,8-9,14,16,19-20,27,32H,7,10-13,15,17-18H2,1-2H3,(H2,31,37)/t19?,20?,27-/m0/s1. The van der Waals surface area contributed by atoms with E-state index in [1.54, 1.807) is 0 Å². The Labute approximate surface area is 223 Å². The lowest BCUT2D eigenvalue weighted by molar-refractivity contribution is -0.138. The number of hydrogen-bond donors (Lipinski definition) is 2. The number of nitrogens with one attached hydrogen (secondary N) is 1. The molecule has 2 aromatic carbocycles. The lowest BCUT2D eigenvalue weighted by atomic mass is 9.88. The van der Waals surface area contributed by atoms with E-state index in [1.165, 1.54) is 5.56 Å². The van der Waals surface area contributed by atoms with Crippen molar-refractivity contribution in [2.75, 3.05) is 38.6 Å². The Morgan fingerprint density at radius 1 is 1.19 bits per heavy atom. The van der Waals surface area contributed by atoms with Gasteiger partial charge in [-0.15, -0.1) is 0 Å². The second kappa shape index (κ2) is 10.8. The van der Waals surface area contributed by atoms with Crippen LogP contribution in [0.15, 0.2) is 48.7 Å². The van der Waals surface area contributed by atoms with E-state index in [9.17, 15) is 9.59 Å². The molecule has 196 valence electrons. The van der Waals surface area contributed by atoms with Crippen LogP contribution in [0.4, 0.5) is 5.69 Å². The average Bonchev–Trinajstić information content (AvgIpc) is 3.29. The van der Waals surface area contributed by atoms with Crippen LogP contribution in [0.2, 0.25) is 5.02 Å². The van der Waals surface area contributed by atoms with Crippen LogP contribution in [0.5, 0.6) is 0 Å². The van der Waals surface area contributed by atoms with Gasteiger partial charge in [-0.3, -0.25) is 9.59 Å². The molecule has 1 aromatic heterocycles. The predicted octanol–water partition coefficient (Wildman–Crippen LogP) is 4.04. The number of H-pyrrole nitrogens is 1. The summed E-state index contributed by atoms with van der Waals surface area (Å²) in [6.07, 6.45) is 4.96. The molecule has 0 spiro atoms. The fourth-order valence-corrected chi connectivity index (χ4v) is 6.38. The van der Waals surface area contributed by atoms with Crippen molar-refractivity contribution in [2.24, 2.45) is 17.6 Å². The third kappa shape index (κ3) is 5.48. The fourth-order valence-electron chi connectivity index (χ4n) is 6.18. The van der Waals surface area contributed by atoms with Crippen molar-refractivity contribution in [2.45, 2.75) is 38.3 Å². The first-order valence-corrected chi connectivity index (χ1v) is 13.5. The Balaban J connectivity index is 1.42. The smallest absolute Gasteiger partial charge is 0.224 e. The Hall–Kier alpha value is -3.03. The van der Waals surface area contributed by atoms with E-state index in [-0.39, 0.29) is 23.9 Å². The van der Waals surface area contributed by atoms with Gasteiger partial charge in [-0.2, -0.15) is 0 Å². The van der Waals surface area contributed by atoms with Crippen molar-refractivity contribution in [3.05, 3.63) is 64.8 Å². The Morgan fingerprint density at radius 3 is 2.78 bits per heavy atom. The van der Waals surface area contributed by atoms with Crippen LogP contribution in [0.3, 0.4) is 0 Å². The molecular weight excluding hydrogens is 486 g/mol. The van der Waals surface area contributed by atoms with Gasteiger partial charge >= 0.3 is 0 Å². The van der Waals surface area contributed by atoms with E-state index < -0.39 is 0 Å². The number of nitrogens with zero attached hydrogens (tertiary/aromatic N) is 3. The Kier molecular flexibility index (Phi) is 7.45. The van der Waals surface area contributed by atoms with E-state index in [1.807, 2.05) is 35.4 Å². The van der Waals surface area contributed by atoms with Crippen LogP contribution in [-0.4, -0.2) is 66.5 Å². The zero-order chi connectivity index (χ0) is 26.1. The van der Waals surface area contributed by atoms with Crippen LogP contribution in [0.25, 0.3) is 10.9 Å². The molecule has 0 bridgehead atoms. The zero-order valence-electron chi connectivity index (χ0n) is 21.6. The molecule has 5 rings (SSSR count). The van der Waals surface area contributed by atoms with Gasteiger partial charge in [0.05, 0.1) is 0 Å². The van der Waals surface area contributed by atoms with E-state index in [4.69, 9.17) is 17.3 Å². The van der Waals surface area contributed by atoms with Gasteiger partial charge < -0.3 is 25.4 Å². The molecule has 3 N–H and O–H groups in total. The number of rotatable bonds is 7. The molecule has 2 aliphatic heterocycles. The van der Waals surface area contributed by atoms with Crippen molar-refractivity contribution < 1.29 is 9.59 Å². The Morgan fingerprint density at radius 2 is 2.00 bits per heavy atom. The number of hydrogen-bond acceptors (Lipinski definition) is 4. The summed E-state index contributed by atoms with van der Waals surface area (Å²) in [5, 5.41) is 1.88. The van der Waals surface area contributed by atoms with Gasteiger partial charge in [-0.05, 0) is 81.1 Å². The first-order valence-electron chi connectivity index (χ1n) is 13.1. The van der Waals surface area contributed by atoms with E-state index in [2.05, 4.69) is 47.1 Å². The molecule has 7 nitrogen and oxygen atoms in total. The summed E-state index contributed by atoms with van der Waals surface area (Å²) < 4.78 is 0. The largest absolute Gasteiger partial charge is 0.369 e. The minimum atomic E-state index is -0.283. The number of piperidine rings is 1. The summed E-state index contributed by atoms with van der Waals surface area (Å²) in [6.45, 7) is 2.28. The molecule has 37 heavy (non-hydrogen) atoms. The second-order valence-electron chi connectivity index (χ2n) is 10.8. The quantitative estimate of drug-likeness (QED) is 0.491.